The maximum absolute atomic E-state index is 11.8. The van der Waals surface area contributed by atoms with Gasteiger partial charge in [-0.05, 0) is 19.9 Å². The maximum Gasteiger partial charge on any atom is 0.296 e. The van der Waals surface area contributed by atoms with Crippen LogP contribution in [0.3, 0.4) is 0 Å². The number of carbonyl (C=O) groups is 3. The van der Waals surface area contributed by atoms with Crippen molar-refractivity contribution in [3.63, 3.8) is 0 Å². The number of ketones is 1. The Labute approximate surface area is 103 Å². The Morgan fingerprint density at radius 3 is 2.56 bits per heavy atom. The minimum atomic E-state index is -0.792. The molecule has 2 rings (SSSR count). The van der Waals surface area contributed by atoms with Crippen LogP contribution < -0.4 is 5.32 Å². The van der Waals surface area contributed by atoms with Crippen LogP contribution in [0.4, 0.5) is 0 Å². The third-order valence-electron chi connectivity index (χ3n) is 2.77. The number of hydrogen-bond acceptors (Lipinski definition) is 5. The minimum Gasteiger partial charge on any atom is -0.457 e. The van der Waals surface area contributed by atoms with E-state index in [1.54, 1.807) is 13.8 Å². The molecule has 1 amide bonds. The molecule has 0 saturated carbocycles. The summed E-state index contributed by atoms with van der Waals surface area (Å²) in [7, 11) is 0. The van der Waals surface area contributed by atoms with Gasteiger partial charge in [0.25, 0.3) is 11.7 Å². The second-order valence-electron chi connectivity index (χ2n) is 4.58. The molecule has 1 aromatic rings. The van der Waals surface area contributed by atoms with E-state index in [1.165, 1.54) is 6.07 Å². The summed E-state index contributed by atoms with van der Waals surface area (Å²) in [5.41, 5.74) is -0.230. The first-order valence-electron chi connectivity index (χ1n) is 5.45. The molecule has 0 aromatic carbocycles. The average molecular weight is 251 g/mol. The van der Waals surface area contributed by atoms with Gasteiger partial charge >= 0.3 is 0 Å². The molecule has 1 N–H and O–H groups in total. The molecule has 1 aromatic heterocycles. The van der Waals surface area contributed by atoms with E-state index in [-0.39, 0.29) is 11.3 Å². The van der Waals surface area contributed by atoms with Crippen molar-refractivity contribution in [1.29, 1.82) is 0 Å². The van der Waals surface area contributed by atoms with Gasteiger partial charge in [-0.3, -0.25) is 14.4 Å². The van der Waals surface area contributed by atoms with E-state index in [0.717, 1.165) is 0 Å². The highest BCUT2D eigenvalue weighted by Crippen LogP contribution is 2.17. The molecule has 0 radical (unpaired) electrons. The first kappa shape index (κ1) is 12.5. The number of aldehydes is 1. The van der Waals surface area contributed by atoms with Crippen molar-refractivity contribution in [2.24, 2.45) is 0 Å². The largest absolute Gasteiger partial charge is 0.457 e. The van der Waals surface area contributed by atoms with E-state index >= 15 is 0 Å². The Morgan fingerprint density at radius 2 is 2.11 bits per heavy atom. The summed E-state index contributed by atoms with van der Waals surface area (Å²) < 4.78 is 10.1. The van der Waals surface area contributed by atoms with Gasteiger partial charge in [-0.1, -0.05) is 0 Å². The number of amides is 1. The van der Waals surface area contributed by atoms with E-state index in [2.05, 4.69) is 5.32 Å². The molecule has 1 saturated heterocycles. The molecule has 0 atom stereocenters. The molecule has 0 spiro atoms. The fourth-order valence-electron chi connectivity index (χ4n) is 1.65. The van der Waals surface area contributed by atoms with Crippen LogP contribution in [0.15, 0.2) is 10.5 Å². The lowest BCUT2D eigenvalue weighted by molar-refractivity contribution is -0.127. The highest BCUT2D eigenvalue weighted by Gasteiger charge is 2.37. The van der Waals surface area contributed by atoms with Crippen LogP contribution in [-0.4, -0.2) is 36.7 Å². The van der Waals surface area contributed by atoms with Crippen molar-refractivity contribution in [3.8, 4) is 0 Å². The number of furan rings is 1. The zero-order valence-electron chi connectivity index (χ0n) is 10.1. The van der Waals surface area contributed by atoms with Gasteiger partial charge in [0.05, 0.1) is 24.3 Å². The predicted octanol–water partition coefficient (Wildman–Crippen LogP) is 0.488. The molecule has 6 nitrogen and oxygen atoms in total. The van der Waals surface area contributed by atoms with E-state index in [9.17, 15) is 14.4 Å². The van der Waals surface area contributed by atoms with Gasteiger partial charge < -0.3 is 14.5 Å². The number of carbonyl (C=O) groups excluding carboxylic acids is 3. The smallest absolute Gasteiger partial charge is 0.296 e. The van der Waals surface area contributed by atoms with Gasteiger partial charge in [0.2, 0.25) is 0 Å². The zero-order valence-corrected chi connectivity index (χ0v) is 10.1. The summed E-state index contributed by atoms with van der Waals surface area (Å²) in [6.07, 6.45) is 0.578. The molecule has 0 bridgehead atoms. The summed E-state index contributed by atoms with van der Waals surface area (Å²) in [5.74, 6) is -1.36. The van der Waals surface area contributed by atoms with Crippen LogP contribution in [0.25, 0.3) is 0 Å². The molecule has 96 valence electrons. The van der Waals surface area contributed by atoms with E-state index < -0.39 is 17.2 Å². The van der Waals surface area contributed by atoms with Gasteiger partial charge in [-0.25, -0.2) is 0 Å². The molecule has 18 heavy (non-hydrogen) atoms. The van der Waals surface area contributed by atoms with E-state index in [1.807, 2.05) is 0 Å². The summed E-state index contributed by atoms with van der Waals surface area (Å²) in [6.45, 7) is 4.09. The van der Waals surface area contributed by atoms with Crippen molar-refractivity contribution in [3.05, 3.63) is 23.2 Å². The fraction of sp³-hybridized carbons (Fsp3) is 0.417. The Bertz CT molecular complexity index is 513. The third-order valence-corrected chi connectivity index (χ3v) is 2.77. The van der Waals surface area contributed by atoms with Gasteiger partial charge in [0.15, 0.2) is 12.0 Å². The topological polar surface area (TPSA) is 85.6 Å². The van der Waals surface area contributed by atoms with Gasteiger partial charge in [-0.2, -0.15) is 0 Å². The Hall–Kier alpha value is -1.95. The van der Waals surface area contributed by atoms with Gasteiger partial charge in [0.1, 0.15) is 5.76 Å². The Kier molecular flexibility index (Phi) is 3.04. The summed E-state index contributed by atoms with van der Waals surface area (Å²) in [4.78, 5) is 34.1. The number of rotatable bonds is 4. The number of aryl methyl sites for hydroxylation is 1. The number of nitrogens with one attached hydrogen (secondary N) is 1. The van der Waals surface area contributed by atoms with Crippen LogP contribution in [0, 0.1) is 6.92 Å². The van der Waals surface area contributed by atoms with Gasteiger partial charge in [-0.15, -0.1) is 0 Å². The highest BCUT2D eigenvalue weighted by molar-refractivity contribution is 6.42. The van der Waals surface area contributed by atoms with Crippen LogP contribution in [0.1, 0.15) is 33.6 Å². The molecular weight excluding hydrogens is 238 g/mol. The SMILES string of the molecule is Cc1oc(C(=O)C(=O)NC2(C)COC2)cc1C=O. The van der Waals surface area contributed by atoms with Gasteiger partial charge in [0, 0.05) is 0 Å². The lowest BCUT2D eigenvalue weighted by atomic mass is 10.0. The van der Waals surface area contributed by atoms with Crippen LogP contribution >= 0.6 is 0 Å². The van der Waals surface area contributed by atoms with Crippen molar-refractivity contribution in [2.75, 3.05) is 13.2 Å². The molecular formula is C12H13NO5. The molecule has 6 heteroatoms. The monoisotopic (exact) mass is 251 g/mol. The zero-order chi connectivity index (χ0) is 13.3. The van der Waals surface area contributed by atoms with Crippen molar-refractivity contribution in [1.82, 2.24) is 5.32 Å². The molecule has 1 fully saturated rings. The maximum atomic E-state index is 11.8. The standard InChI is InChI=1S/C12H13NO5/c1-7-8(4-14)3-9(18-7)10(15)11(16)13-12(2)5-17-6-12/h3-4H,5-6H2,1-2H3,(H,13,16). The van der Waals surface area contributed by atoms with E-state index in [4.69, 9.17) is 9.15 Å². The minimum absolute atomic E-state index is 0.129. The lowest BCUT2D eigenvalue weighted by Crippen LogP contribution is -2.61. The third kappa shape index (κ3) is 2.19. The Morgan fingerprint density at radius 1 is 1.44 bits per heavy atom. The molecule has 2 heterocycles. The average Bonchev–Trinajstić information content (AvgIpc) is 2.67. The van der Waals surface area contributed by atoms with E-state index in [0.29, 0.717) is 25.3 Å². The van der Waals surface area contributed by atoms with Crippen LogP contribution in [-0.2, 0) is 9.53 Å². The predicted molar refractivity (Wildman–Crippen MR) is 60.5 cm³/mol. The number of ether oxygens (including phenoxy) is 1. The van der Waals surface area contributed by atoms with Crippen molar-refractivity contribution in [2.45, 2.75) is 19.4 Å². The second kappa shape index (κ2) is 4.38. The Balaban J connectivity index is 2.10. The quantitative estimate of drug-likeness (QED) is 0.478. The van der Waals surface area contributed by atoms with Crippen molar-refractivity contribution < 1.29 is 23.5 Å². The second-order valence-corrected chi connectivity index (χ2v) is 4.58. The highest BCUT2D eigenvalue weighted by atomic mass is 16.5. The molecule has 1 aliphatic rings. The van der Waals surface area contributed by atoms with Crippen molar-refractivity contribution >= 4 is 18.0 Å². The first-order valence-corrected chi connectivity index (χ1v) is 5.45. The summed E-state index contributed by atoms with van der Waals surface area (Å²) in [5, 5.41) is 2.58. The molecule has 1 aliphatic heterocycles. The van der Waals surface area contributed by atoms with Crippen LogP contribution in [0.5, 0.6) is 0 Å². The molecule has 0 unspecified atom stereocenters. The lowest BCUT2D eigenvalue weighted by Gasteiger charge is -2.38. The summed E-state index contributed by atoms with van der Waals surface area (Å²) in [6, 6.07) is 1.27. The number of hydrogen-bond donors (Lipinski definition) is 1. The normalized spacial score (nSPS) is 16.8. The summed E-state index contributed by atoms with van der Waals surface area (Å²) >= 11 is 0. The molecule has 0 aliphatic carbocycles. The first-order chi connectivity index (χ1) is 8.45. The fourth-order valence-corrected chi connectivity index (χ4v) is 1.65. The van der Waals surface area contributed by atoms with Crippen LogP contribution in [0.2, 0.25) is 0 Å². The number of Topliss-reactive ketones (excluding diaryl/α,β-unsaturated/α-hetero) is 1.